The summed E-state index contributed by atoms with van der Waals surface area (Å²) in [6, 6.07) is 3.44. The zero-order valence-corrected chi connectivity index (χ0v) is 14.6. The molecule has 9 heteroatoms. The quantitative estimate of drug-likeness (QED) is 0.803. The number of furan rings is 1. The smallest absolute Gasteiger partial charge is 0.283 e. The highest BCUT2D eigenvalue weighted by Gasteiger charge is 2.34. The van der Waals surface area contributed by atoms with E-state index in [1.165, 1.54) is 6.26 Å². The van der Waals surface area contributed by atoms with Gasteiger partial charge >= 0.3 is 0 Å². The van der Waals surface area contributed by atoms with Gasteiger partial charge in [-0.25, -0.2) is 13.1 Å². The number of nitrogens with one attached hydrogen (secondary N) is 1. The van der Waals surface area contributed by atoms with Gasteiger partial charge in [0, 0.05) is 19.1 Å². The lowest BCUT2D eigenvalue weighted by molar-refractivity contribution is 0.278. The highest BCUT2D eigenvalue weighted by molar-refractivity contribution is 7.88. The van der Waals surface area contributed by atoms with Gasteiger partial charge in [-0.15, -0.1) is 10.2 Å². The maximum absolute atomic E-state index is 11.6. The van der Waals surface area contributed by atoms with Gasteiger partial charge in [-0.1, -0.05) is 13.3 Å². The van der Waals surface area contributed by atoms with E-state index in [1.54, 1.807) is 18.4 Å². The number of likely N-dealkylation sites (tertiary alicyclic amines) is 1. The molecule has 1 aliphatic heterocycles. The van der Waals surface area contributed by atoms with Crippen molar-refractivity contribution in [3.63, 3.8) is 0 Å². The number of hydrogen-bond acceptors (Lipinski definition) is 7. The maximum atomic E-state index is 11.6. The molecule has 0 bridgehead atoms. The van der Waals surface area contributed by atoms with Gasteiger partial charge in [0.25, 0.3) is 5.89 Å². The molecule has 1 aliphatic rings. The minimum Gasteiger partial charge on any atom is -0.459 e. The second-order valence-electron chi connectivity index (χ2n) is 6.22. The molecule has 3 rings (SSSR count). The first-order chi connectivity index (χ1) is 11.4. The first-order valence-electron chi connectivity index (χ1n) is 8.00. The van der Waals surface area contributed by atoms with E-state index >= 15 is 0 Å². The Morgan fingerprint density at radius 2 is 2.21 bits per heavy atom. The zero-order chi connectivity index (χ0) is 17.2. The van der Waals surface area contributed by atoms with E-state index < -0.39 is 10.0 Å². The van der Waals surface area contributed by atoms with Gasteiger partial charge in [-0.3, -0.25) is 4.90 Å². The molecule has 8 nitrogen and oxygen atoms in total. The summed E-state index contributed by atoms with van der Waals surface area (Å²) in [5.74, 6) is 1.68. The van der Waals surface area contributed by atoms with Crippen molar-refractivity contribution in [2.75, 3.05) is 19.3 Å². The Balaban J connectivity index is 1.65. The second-order valence-corrected chi connectivity index (χ2v) is 8.00. The summed E-state index contributed by atoms with van der Waals surface area (Å²) >= 11 is 0. The Bertz CT molecular complexity index is 756. The highest BCUT2D eigenvalue weighted by atomic mass is 32.2. The van der Waals surface area contributed by atoms with Crippen LogP contribution in [0.5, 0.6) is 0 Å². The maximum Gasteiger partial charge on any atom is 0.283 e. The van der Waals surface area contributed by atoms with Crippen LogP contribution in [0, 0.1) is 5.92 Å². The molecule has 0 aliphatic carbocycles. The summed E-state index contributed by atoms with van der Waals surface area (Å²) < 4.78 is 36.7. The molecule has 132 valence electrons. The molecule has 2 aromatic rings. The first kappa shape index (κ1) is 17.1. The van der Waals surface area contributed by atoms with Crippen LogP contribution in [0.15, 0.2) is 27.2 Å². The van der Waals surface area contributed by atoms with Gasteiger partial charge in [0.2, 0.25) is 15.9 Å². The zero-order valence-electron chi connectivity index (χ0n) is 13.8. The van der Waals surface area contributed by atoms with E-state index in [0.717, 1.165) is 19.4 Å². The van der Waals surface area contributed by atoms with E-state index in [1.807, 2.05) is 0 Å². The Kier molecular flexibility index (Phi) is 5.02. The monoisotopic (exact) mass is 354 g/mol. The molecule has 1 N–H and O–H groups in total. The molecular weight excluding hydrogens is 332 g/mol. The molecule has 2 atom stereocenters. The lowest BCUT2D eigenvalue weighted by Gasteiger charge is -2.17. The number of hydrogen-bond donors (Lipinski definition) is 1. The van der Waals surface area contributed by atoms with Crippen molar-refractivity contribution in [2.45, 2.75) is 32.4 Å². The Labute approximate surface area is 141 Å². The summed E-state index contributed by atoms with van der Waals surface area (Å²) in [5.41, 5.74) is 0. The fourth-order valence-electron chi connectivity index (χ4n) is 3.17. The fourth-order valence-corrected chi connectivity index (χ4v) is 3.99. The summed E-state index contributed by atoms with van der Waals surface area (Å²) in [7, 11) is -3.22. The predicted octanol–water partition coefficient (Wildman–Crippen LogP) is 1.48. The van der Waals surface area contributed by atoms with Crippen LogP contribution in [-0.4, -0.2) is 48.9 Å². The SMILES string of the molecule is CCC[C@@H]1CN(Cc2nnc(-c3ccco3)o2)C[C@H]1NS(C)(=O)=O. The molecule has 0 amide bonds. The number of rotatable bonds is 7. The molecule has 1 fully saturated rings. The van der Waals surface area contributed by atoms with Crippen molar-refractivity contribution < 1.29 is 17.3 Å². The molecule has 0 spiro atoms. The van der Waals surface area contributed by atoms with Gasteiger partial charge in [0.05, 0.1) is 19.1 Å². The van der Waals surface area contributed by atoms with Crippen LogP contribution in [0.1, 0.15) is 25.7 Å². The summed E-state index contributed by atoms with van der Waals surface area (Å²) in [5, 5.41) is 8.04. The van der Waals surface area contributed by atoms with E-state index in [-0.39, 0.29) is 12.0 Å². The van der Waals surface area contributed by atoms with Crippen molar-refractivity contribution in [1.29, 1.82) is 0 Å². The average Bonchev–Trinajstić information content (AvgIpc) is 3.20. The number of sulfonamides is 1. The van der Waals surface area contributed by atoms with Crippen molar-refractivity contribution in [3.05, 3.63) is 24.3 Å². The largest absolute Gasteiger partial charge is 0.459 e. The van der Waals surface area contributed by atoms with Gasteiger partial charge in [-0.2, -0.15) is 0 Å². The van der Waals surface area contributed by atoms with E-state index in [2.05, 4.69) is 26.7 Å². The van der Waals surface area contributed by atoms with Crippen LogP contribution in [-0.2, 0) is 16.6 Å². The lowest BCUT2D eigenvalue weighted by atomic mass is 9.99. The third-order valence-corrected chi connectivity index (χ3v) is 4.83. The third kappa shape index (κ3) is 4.22. The fraction of sp³-hybridized carbons (Fsp3) is 0.600. The third-order valence-electron chi connectivity index (χ3n) is 4.10. The van der Waals surface area contributed by atoms with Crippen LogP contribution in [0.3, 0.4) is 0 Å². The molecule has 0 unspecified atom stereocenters. The van der Waals surface area contributed by atoms with Crippen molar-refractivity contribution >= 4 is 10.0 Å². The van der Waals surface area contributed by atoms with Gasteiger partial charge < -0.3 is 8.83 Å². The minimum atomic E-state index is -3.22. The van der Waals surface area contributed by atoms with Crippen LogP contribution in [0.4, 0.5) is 0 Å². The predicted molar refractivity (Wildman–Crippen MR) is 87.4 cm³/mol. The van der Waals surface area contributed by atoms with Crippen molar-refractivity contribution in [3.8, 4) is 11.7 Å². The second kappa shape index (κ2) is 7.04. The van der Waals surface area contributed by atoms with Gasteiger partial charge in [0.1, 0.15) is 0 Å². The van der Waals surface area contributed by atoms with E-state index in [9.17, 15) is 8.42 Å². The molecule has 0 saturated carbocycles. The van der Waals surface area contributed by atoms with Crippen molar-refractivity contribution in [2.24, 2.45) is 5.92 Å². The normalized spacial score (nSPS) is 22.2. The van der Waals surface area contributed by atoms with Gasteiger partial charge in [0.15, 0.2) is 5.76 Å². The molecule has 0 aromatic carbocycles. The summed E-state index contributed by atoms with van der Waals surface area (Å²) in [6.45, 7) is 4.04. The minimum absolute atomic E-state index is 0.0765. The lowest BCUT2D eigenvalue weighted by Crippen LogP contribution is -2.39. The molecule has 3 heterocycles. The standard InChI is InChI=1S/C15H22N4O4S/c1-3-5-11-8-19(9-12(11)18-24(2,20)21)10-14-16-17-15(23-14)13-6-4-7-22-13/h4,6-7,11-12,18H,3,5,8-10H2,1-2H3/t11-,12-/m1/s1. The van der Waals surface area contributed by atoms with Gasteiger partial charge in [-0.05, 0) is 24.5 Å². The van der Waals surface area contributed by atoms with Crippen LogP contribution < -0.4 is 4.72 Å². The first-order valence-corrected chi connectivity index (χ1v) is 9.89. The highest BCUT2D eigenvalue weighted by Crippen LogP contribution is 2.25. The molecule has 1 saturated heterocycles. The summed E-state index contributed by atoms with van der Waals surface area (Å²) in [6.07, 6.45) is 4.75. The average molecular weight is 354 g/mol. The summed E-state index contributed by atoms with van der Waals surface area (Å²) in [4.78, 5) is 2.14. The molecule has 2 aromatic heterocycles. The molecular formula is C15H22N4O4S. The molecule has 0 radical (unpaired) electrons. The van der Waals surface area contributed by atoms with Crippen LogP contribution in [0.2, 0.25) is 0 Å². The number of aromatic nitrogens is 2. The Morgan fingerprint density at radius 3 is 2.88 bits per heavy atom. The van der Waals surface area contributed by atoms with E-state index in [4.69, 9.17) is 8.83 Å². The molecule has 24 heavy (non-hydrogen) atoms. The topological polar surface area (TPSA) is 101 Å². The Hall–Kier alpha value is -1.71. The Morgan fingerprint density at radius 1 is 1.38 bits per heavy atom. The van der Waals surface area contributed by atoms with Crippen LogP contribution >= 0.6 is 0 Å². The van der Waals surface area contributed by atoms with Crippen LogP contribution in [0.25, 0.3) is 11.7 Å². The number of nitrogens with zero attached hydrogens (tertiary/aromatic N) is 3. The van der Waals surface area contributed by atoms with Crippen molar-refractivity contribution in [1.82, 2.24) is 19.8 Å². The van der Waals surface area contributed by atoms with E-state index in [0.29, 0.717) is 30.6 Å².